The second-order valence-corrected chi connectivity index (χ2v) is 2.81. The van der Waals surface area contributed by atoms with E-state index in [1.807, 2.05) is 0 Å². The molecule has 42 valence electrons. The van der Waals surface area contributed by atoms with E-state index in [2.05, 4.69) is 30.9 Å². The quantitative estimate of drug-likeness (QED) is 0.540. The summed E-state index contributed by atoms with van der Waals surface area (Å²) in [4.78, 5) is 0. The molecule has 0 saturated carbocycles. The minimum atomic E-state index is 1.18. The third-order valence-electron chi connectivity index (χ3n) is 1.09. The summed E-state index contributed by atoms with van der Waals surface area (Å²) in [5.41, 5.74) is 0. The molecular formula is C7H9P. The first-order chi connectivity index (χ1) is 3.93. The highest BCUT2D eigenvalue weighted by Gasteiger charge is 1.80. The fourth-order valence-electron chi connectivity index (χ4n) is 0.607. The Labute approximate surface area is 51.7 Å². The Morgan fingerprint density at radius 2 is 2.38 bits per heavy atom. The highest BCUT2D eigenvalue weighted by atomic mass is 31.0. The zero-order valence-electron chi connectivity index (χ0n) is 4.96. The van der Waals surface area contributed by atoms with Gasteiger partial charge in [-0.15, -0.1) is 0 Å². The molecular weight excluding hydrogens is 115 g/mol. The first kappa shape index (κ1) is 5.78. The van der Waals surface area contributed by atoms with Crippen LogP contribution in [0.3, 0.4) is 0 Å². The fourth-order valence-corrected chi connectivity index (χ4v) is 1.34. The Bertz CT molecular complexity index is 146. The van der Waals surface area contributed by atoms with E-state index < -0.39 is 0 Å². The van der Waals surface area contributed by atoms with Gasteiger partial charge in [-0.05, 0) is 17.5 Å². The van der Waals surface area contributed by atoms with Crippen LogP contribution < -0.4 is 0 Å². The molecule has 1 heterocycles. The minimum absolute atomic E-state index is 1.18. The normalized spacial score (nSPS) is 10.1. The topological polar surface area (TPSA) is 0 Å². The predicted octanol–water partition coefficient (Wildman–Crippen LogP) is 2.83. The molecule has 1 rings (SSSR count). The molecule has 0 fully saturated rings. The van der Waals surface area contributed by atoms with Gasteiger partial charge in [0.05, 0.1) is 0 Å². The van der Waals surface area contributed by atoms with Gasteiger partial charge in [0.15, 0.2) is 0 Å². The summed E-state index contributed by atoms with van der Waals surface area (Å²) in [5, 5.41) is 1.51. The van der Waals surface area contributed by atoms with E-state index in [-0.39, 0.29) is 0 Å². The van der Waals surface area contributed by atoms with E-state index in [1.165, 1.54) is 19.9 Å². The largest absolute Gasteiger partial charge is 0.0729 e. The molecule has 1 aromatic rings. The van der Waals surface area contributed by atoms with Gasteiger partial charge in [-0.2, -0.15) is 0 Å². The number of hydrogen-bond donors (Lipinski definition) is 0. The van der Waals surface area contributed by atoms with Crippen molar-refractivity contribution in [3.05, 3.63) is 29.3 Å². The van der Waals surface area contributed by atoms with Crippen molar-refractivity contribution in [2.45, 2.75) is 13.3 Å². The molecule has 0 bridgehead atoms. The standard InChI is InChI=1S/C7H9P/c1-2-7-5-3-4-6-8-7/h3-6H,2H2,1H3. The zero-order chi connectivity index (χ0) is 5.82. The van der Waals surface area contributed by atoms with Crippen molar-refractivity contribution in [1.29, 1.82) is 0 Å². The summed E-state index contributed by atoms with van der Waals surface area (Å²) >= 11 is 0. The molecule has 0 aliphatic rings. The highest BCUT2D eigenvalue weighted by molar-refractivity contribution is 7.29. The number of hydrogen-bond acceptors (Lipinski definition) is 0. The van der Waals surface area contributed by atoms with Crippen LogP contribution in [0.4, 0.5) is 0 Å². The Hall–Kier alpha value is -0.350. The van der Waals surface area contributed by atoms with E-state index in [0.29, 0.717) is 0 Å². The van der Waals surface area contributed by atoms with Crippen LogP contribution >= 0.6 is 8.19 Å². The van der Waals surface area contributed by atoms with Gasteiger partial charge in [0, 0.05) is 0 Å². The molecule has 1 heteroatoms. The monoisotopic (exact) mass is 124 g/mol. The van der Waals surface area contributed by atoms with Crippen molar-refractivity contribution in [1.82, 2.24) is 0 Å². The SMILES string of the molecule is CCc1ccccp1. The molecule has 0 aliphatic heterocycles. The molecule has 0 spiro atoms. The Morgan fingerprint density at radius 1 is 1.50 bits per heavy atom. The molecule has 1 aromatic heterocycles. The molecule has 8 heavy (non-hydrogen) atoms. The molecule has 0 nitrogen and oxygen atoms in total. The van der Waals surface area contributed by atoms with E-state index in [9.17, 15) is 0 Å². The van der Waals surface area contributed by atoms with Crippen LogP contribution in [-0.4, -0.2) is 0 Å². The van der Waals surface area contributed by atoms with Crippen molar-refractivity contribution in [3.63, 3.8) is 0 Å². The van der Waals surface area contributed by atoms with Crippen molar-refractivity contribution < 1.29 is 0 Å². The Balaban J connectivity index is 2.83. The lowest BCUT2D eigenvalue weighted by molar-refractivity contribution is 1.18. The summed E-state index contributed by atoms with van der Waals surface area (Å²) in [5.74, 6) is 2.17. The fraction of sp³-hybridized carbons (Fsp3) is 0.286. The Morgan fingerprint density at radius 3 is 2.75 bits per heavy atom. The van der Waals surface area contributed by atoms with Crippen LogP contribution in [0.1, 0.15) is 12.2 Å². The minimum Gasteiger partial charge on any atom is -0.0729 e. The molecule has 0 aliphatic carbocycles. The van der Waals surface area contributed by atoms with Gasteiger partial charge in [-0.25, -0.2) is 0 Å². The average molecular weight is 124 g/mol. The maximum atomic E-state index is 2.19. The summed E-state index contributed by atoms with van der Waals surface area (Å²) < 4.78 is 0. The van der Waals surface area contributed by atoms with E-state index in [0.717, 1.165) is 0 Å². The van der Waals surface area contributed by atoms with Crippen LogP contribution in [-0.2, 0) is 6.42 Å². The van der Waals surface area contributed by atoms with Gasteiger partial charge in [0.1, 0.15) is 0 Å². The Kier molecular flexibility index (Phi) is 2.05. The summed E-state index contributed by atoms with van der Waals surface area (Å²) in [6.45, 7) is 2.19. The average Bonchev–Trinajstić information content (AvgIpc) is 1.90. The van der Waals surface area contributed by atoms with Gasteiger partial charge in [-0.3, -0.25) is 0 Å². The van der Waals surface area contributed by atoms with Crippen LogP contribution in [0, 0.1) is 0 Å². The maximum Gasteiger partial charge on any atom is -0.0209 e. The molecule has 0 unspecified atom stereocenters. The lowest BCUT2D eigenvalue weighted by atomic mass is 10.4. The third-order valence-corrected chi connectivity index (χ3v) is 2.21. The highest BCUT2D eigenvalue weighted by Crippen LogP contribution is 2.11. The van der Waals surface area contributed by atoms with Crippen LogP contribution in [0.2, 0.25) is 0 Å². The second kappa shape index (κ2) is 2.84. The van der Waals surface area contributed by atoms with E-state index in [1.54, 1.807) is 0 Å². The van der Waals surface area contributed by atoms with Crippen molar-refractivity contribution >= 4 is 8.19 Å². The predicted molar refractivity (Wildman–Crippen MR) is 38.3 cm³/mol. The molecule has 0 amide bonds. The number of aryl methyl sites for hydroxylation is 1. The summed E-state index contributed by atoms with van der Waals surface area (Å²) in [6.07, 6.45) is 1.18. The molecule has 0 atom stereocenters. The summed E-state index contributed by atoms with van der Waals surface area (Å²) in [6, 6.07) is 6.36. The van der Waals surface area contributed by atoms with Gasteiger partial charge in [0.2, 0.25) is 0 Å². The first-order valence-electron chi connectivity index (χ1n) is 2.83. The zero-order valence-corrected chi connectivity index (χ0v) is 5.86. The molecule has 0 radical (unpaired) electrons. The van der Waals surface area contributed by atoms with Crippen LogP contribution in [0.25, 0.3) is 0 Å². The van der Waals surface area contributed by atoms with Gasteiger partial charge < -0.3 is 0 Å². The van der Waals surface area contributed by atoms with Gasteiger partial charge in [0.25, 0.3) is 0 Å². The summed E-state index contributed by atoms with van der Waals surface area (Å²) in [7, 11) is 1.38. The van der Waals surface area contributed by atoms with Crippen molar-refractivity contribution in [3.8, 4) is 0 Å². The lowest BCUT2D eigenvalue weighted by Crippen LogP contribution is -1.67. The lowest BCUT2D eigenvalue weighted by Gasteiger charge is -1.88. The smallest absolute Gasteiger partial charge is 0.0209 e. The molecule has 0 N–H and O–H groups in total. The van der Waals surface area contributed by atoms with Crippen molar-refractivity contribution in [2.24, 2.45) is 0 Å². The van der Waals surface area contributed by atoms with Crippen LogP contribution in [0.15, 0.2) is 24.0 Å². The van der Waals surface area contributed by atoms with Gasteiger partial charge in [-0.1, -0.05) is 33.3 Å². The van der Waals surface area contributed by atoms with Gasteiger partial charge >= 0.3 is 0 Å². The van der Waals surface area contributed by atoms with Crippen LogP contribution in [0.5, 0.6) is 0 Å². The maximum absolute atomic E-state index is 2.19. The second-order valence-electron chi connectivity index (χ2n) is 1.67. The third kappa shape index (κ3) is 1.31. The first-order valence-corrected chi connectivity index (χ1v) is 3.79. The van der Waals surface area contributed by atoms with Crippen molar-refractivity contribution in [2.75, 3.05) is 0 Å². The van der Waals surface area contributed by atoms with E-state index in [4.69, 9.17) is 0 Å². The number of rotatable bonds is 1. The van der Waals surface area contributed by atoms with E-state index >= 15 is 0 Å². The molecule has 0 saturated heterocycles. The molecule has 0 aromatic carbocycles.